The quantitative estimate of drug-likeness (QED) is 0.760. The Balaban J connectivity index is 2.00. The predicted octanol–water partition coefficient (Wildman–Crippen LogP) is 3.79. The van der Waals surface area contributed by atoms with Crippen molar-refractivity contribution >= 4 is 54.9 Å². The second-order valence-electron chi connectivity index (χ2n) is 4.44. The molecule has 2 aromatic rings. The molecule has 0 aliphatic carbocycles. The largest absolute Gasteiger partial charge is 0.352 e. The van der Waals surface area contributed by atoms with E-state index >= 15 is 0 Å². The molecule has 3 rings (SSSR count). The lowest BCUT2D eigenvalue weighted by Gasteiger charge is -2.16. The van der Waals surface area contributed by atoms with Crippen LogP contribution in [0.4, 0.5) is 0 Å². The molecule has 0 spiro atoms. The molecule has 0 atom stereocenters. The van der Waals surface area contributed by atoms with Crippen molar-refractivity contribution in [3.8, 4) is 0 Å². The second kappa shape index (κ2) is 5.42. The monoisotopic (exact) mass is 413 g/mol. The Morgan fingerprint density at radius 3 is 2.75 bits per heavy atom. The molecule has 0 radical (unpaired) electrons. The number of amides is 1. The lowest BCUT2D eigenvalue weighted by atomic mass is 9.96. The van der Waals surface area contributed by atoms with Gasteiger partial charge in [-0.25, -0.2) is 0 Å². The van der Waals surface area contributed by atoms with Crippen LogP contribution < -0.4 is 5.32 Å². The molecule has 102 valence electrons. The topological polar surface area (TPSA) is 46.2 Å². The normalized spacial score (nSPS) is 13.8. The van der Waals surface area contributed by atoms with Gasteiger partial charge in [0.1, 0.15) is 0 Å². The second-order valence-corrected chi connectivity index (χ2v) is 7.66. The summed E-state index contributed by atoms with van der Waals surface area (Å²) in [5, 5.41) is 2.79. The number of ketones is 1. The van der Waals surface area contributed by atoms with E-state index in [0.717, 1.165) is 20.2 Å². The molecular weight excluding hydrogens is 406 g/mol. The van der Waals surface area contributed by atoms with Crippen molar-refractivity contribution in [2.24, 2.45) is 0 Å². The van der Waals surface area contributed by atoms with E-state index in [4.69, 9.17) is 0 Å². The molecule has 1 aromatic carbocycles. The van der Waals surface area contributed by atoms with Crippen molar-refractivity contribution in [3.05, 3.63) is 54.1 Å². The van der Waals surface area contributed by atoms with Gasteiger partial charge in [-0.05, 0) is 56.0 Å². The molecule has 6 heteroatoms. The number of benzene rings is 1. The molecule has 1 N–H and O–H groups in total. The van der Waals surface area contributed by atoms with Crippen molar-refractivity contribution in [1.29, 1.82) is 0 Å². The highest BCUT2D eigenvalue weighted by molar-refractivity contribution is 9.13. The van der Waals surface area contributed by atoms with Crippen molar-refractivity contribution in [1.82, 2.24) is 5.32 Å². The number of fused-ring (bicyclic) bond motifs is 1. The number of hydrogen-bond donors (Lipinski definition) is 1. The van der Waals surface area contributed by atoms with Crippen LogP contribution in [0.5, 0.6) is 0 Å². The zero-order valence-electron chi connectivity index (χ0n) is 10.2. The molecule has 1 aromatic heterocycles. The summed E-state index contributed by atoms with van der Waals surface area (Å²) in [5.74, 6) is -0.169. The van der Waals surface area contributed by atoms with Crippen LogP contribution in [-0.4, -0.2) is 18.2 Å². The molecule has 20 heavy (non-hydrogen) atoms. The van der Waals surface area contributed by atoms with Crippen LogP contribution in [-0.2, 0) is 6.42 Å². The summed E-state index contributed by atoms with van der Waals surface area (Å²) in [4.78, 5) is 24.9. The minimum atomic E-state index is -0.102. The van der Waals surface area contributed by atoms with E-state index in [2.05, 4.69) is 37.2 Å². The summed E-state index contributed by atoms with van der Waals surface area (Å²) in [6.07, 6.45) is 0.811. The summed E-state index contributed by atoms with van der Waals surface area (Å²) >= 11 is 8.13. The zero-order chi connectivity index (χ0) is 14.3. The number of nitrogens with one attached hydrogen (secondary N) is 1. The number of carbonyl (C=O) groups excluding carboxylic acids is 2. The van der Waals surface area contributed by atoms with Gasteiger partial charge in [-0.1, -0.05) is 12.1 Å². The summed E-state index contributed by atoms with van der Waals surface area (Å²) in [6.45, 7) is 0.657. The van der Waals surface area contributed by atoms with Crippen LogP contribution in [0, 0.1) is 0 Å². The van der Waals surface area contributed by atoms with E-state index in [-0.39, 0.29) is 11.7 Å². The summed E-state index contributed by atoms with van der Waals surface area (Å²) in [6, 6.07) is 7.14. The van der Waals surface area contributed by atoms with Gasteiger partial charge in [-0.3, -0.25) is 9.59 Å². The van der Waals surface area contributed by atoms with Crippen molar-refractivity contribution < 1.29 is 9.59 Å². The summed E-state index contributed by atoms with van der Waals surface area (Å²) in [7, 11) is 0. The van der Waals surface area contributed by atoms with Crippen molar-refractivity contribution in [2.45, 2.75) is 6.42 Å². The number of thiophene rings is 1. The molecule has 1 aliphatic heterocycles. The third kappa shape index (κ3) is 2.47. The van der Waals surface area contributed by atoms with Gasteiger partial charge >= 0.3 is 0 Å². The Morgan fingerprint density at radius 2 is 2.05 bits per heavy atom. The number of carbonyl (C=O) groups is 2. The zero-order valence-corrected chi connectivity index (χ0v) is 14.2. The average molecular weight is 415 g/mol. The number of rotatable bonds is 2. The van der Waals surface area contributed by atoms with E-state index in [0.29, 0.717) is 22.5 Å². The highest BCUT2D eigenvalue weighted by Crippen LogP contribution is 2.33. The first-order chi connectivity index (χ1) is 9.56. The van der Waals surface area contributed by atoms with E-state index < -0.39 is 0 Å². The molecule has 3 nitrogen and oxygen atoms in total. The minimum absolute atomic E-state index is 0.0671. The fraction of sp³-hybridized carbons (Fsp3) is 0.143. The van der Waals surface area contributed by atoms with Crippen LogP contribution in [0.2, 0.25) is 0 Å². The van der Waals surface area contributed by atoms with Crippen molar-refractivity contribution in [3.63, 3.8) is 0 Å². The van der Waals surface area contributed by atoms with Crippen LogP contribution in [0.1, 0.15) is 31.2 Å². The van der Waals surface area contributed by atoms with Crippen LogP contribution in [0.15, 0.2) is 32.5 Å². The lowest BCUT2D eigenvalue weighted by Crippen LogP contribution is -2.32. The van der Waals surface area contributed by atoms with Gasteiger partial charge in [-0.2, -0.15) is 0 Å². The Labute approximate surface area is 136 Å². The molecule has 0 saturated heterocycles. The van der Waals surface area contributed by atoms with Crippen molar-refractivity contribution in [2.75, 3.05) is 6.54 Å². The molecule has 0 fully saturated rings. The molecule has 1 amide bonds. The van der Waals surface area contributed by atoms with Crippen LogP contribution in [0.25, 0.3) is 0 Å². The van der Waals surface area contributed by atoms with Gasteiger partial charge in [0.15, 0.2) is 0 Å². The smallest absolute Gasteiger partial charge is 0.251 e. The van der Waals surface area contributed by atoms with Gasteiger partial charge in [0.25, 0.3) is 5.91 Å². The lowest BCUT2D eigenvalue weighted by molar-refractivity contribution is 0.0946. The van der Waals surface area contributed by atoms with Gasteiger partial charge < -0.3 is 5.32 Å². The van der Waals surface area contributed by atoms with Crippen LogP contribution in [0.3, 0.4) is 0 Å². The van der Waals surface area contributed by atoms with Gasteiger partial charge in [0.05, 0.1) is 8.66 Å². The average Bonchev–Trinajstić information content (AvgIpc) is 2.78. The Morgan fingerprint density at radius 1 is 1.25 bits per heavy atom. The highest BCUT2D eigenvalue weighted by atomic mass is 79.9. The number of hydrogen-bond acceptors (Lipinski definition) is 3. The first-order valence-electron chi connectivity index (χ1n) is 5.97. The molecule has 0 saturated carbocycles. The predicted molar refractivity (Wildman–Crippen MR) is 85.6 cm³/mol. The third-order valence-corrected chi connectivity index (χ3v) is 6.42. The minimum Gasteiger partial charge on any atom is -0.352 e. The van der Waals surface area contributed by atoms with E-state index in [1.165, 1.54) is 11.3 Å². The maximum atomic E-state index is 12.4. The SMILES string of the molecule is O=C(c1ccc2c(c1)C(=O)NCC2)c1cc(Br)c(Br)s1. The highest BCUT2D eigenvalue weighted by Gasteiger charge is 2.20. The molecule has 2 heterocycles. The summed E-state index contributed by atoms with van der Waals surface area (Å²) in [5.41, 5.74) is 2.15. The fourth-order valence-corrected chi connectivity index (χ4v) is 4.15. The Hall–Kier alpha value is -0.980. The van der Waals surface area contributed by atoms with Gasteiger partial charge in [0.2, 0.25) is 5.78 Å². The fourth-order valence-electron chi connectivity index (χ4n) is 2.15. The molecular formula is C14H9Br2NO2S. The van der Waals surface area contributed by atoms with Gasteiger partial charge in [0, 0.05) is 22.1 Å². The van der Waals surface area contributed by atoms with E-state index in [1.807, 2.05) is 6.07 Å². The number of halogens is 2. The first kappa shape index (κ1) is 14.0. The molecule has 0 bridgehead atoms. The van der Waals surface area contributed by atoms with Gasteiger partial charge in [-0.15, -0.1) is 11.3 Å². The van der Waals surface area contributed by atoms with Crippen LogP contribution >= 0.6 is 43.2 Å². The molecule has 0 unspecified atom stereocenters. The summed E-state index contributed by atoms with van der Waals surface area (Å²) < 4.78 is 1.75. The van der Waals surface area contributed by atoms with E-state index in [1.54, 1.807) is 18.2 Å². The maximum Gasteiger partial charge on any atom is 0.251 e. The Bertz CT molecular complexity index is 704. The first-order valence-corrected chi connectivity index (χ1v) is 8.37. The Kier molecular flexibility index (Phi) is 3.79. The molecule has 1 aliphatic rings. The van der Waals surface area contributed by atoms with E-state index in [9.17, 15) is 9.59 Å². The third-order valence-electron chi connectivity index (χ3n) is 3.17. The maximum absolute atomic E-state index is 12.4. The standard InChI is InChI=1S/C14H9Br2NO2S/c15-10-6-11(20-13(10)16)12(18)8-2-1-7-3-4-17-14(19)9(7)5-8/h1-2,5-6H,3-4H2,(H,17,19).